The van der Waals surface area contributed by atoms with Crippen molar-refractivity contribution in [2.45, 2.75) is 32.2 Å². The maximum atomic E-state index is 13.4. The molecule has 1 aromatic rings. The van der Waals surface area contributed by atoms with E-state index in [9.17, 15) is 4.39 Å². The van der Waals surface area contributed by atoms with Gasteiger partial charge in [-0.05, 0) is 37.9 Å². The summed E-state index contributed by atoms with van der Waals surface area (Å²) >= 11 is 0. The van der Waals surface area contributed by atoms with E-state index in [4.69, 9.17) is 4.74 Å². The van der Waals surface area contributed by atoms with Gasteiger partial charge >= 0.3 is 0 Å². The molecule has 19 heavy (non-hydrogen) atoms. The van der Waals surface area contributed by atoms with Gasteiger partial charge in [0.25, 0.3) is 0 Å². The molecule has 106 valence electrons. The van der Waals surface area contributed by atoms with Crippen LogP contribution in [-0.2, 0) is 0 Å². The largest absolute Gasteiger partial charge is 0.494 e. The molecule has 1 saturated heterocycles. The second-order valence-corrected chi connectivity index (χ2v) is 5.01. The summed E-state index contributed by atoms with van der Waals surface area (Å²) in [5.41, 5.74) is 1.05. The highest BCUT2D eigenvalue weighted by Gasteiger charge is 2.15. The highest BCUT2D eigenvalue weighted by atomic mass is 19.1. The van der Waals surface area contributed by atoms with Crippen LogP contribution in [-0.4, -0.2) is 32.8 Å². The van der Waals surface area contributed by atoms with E-state index >= 15 is 0 Å². The Morgan fingerprint density at radius 1 is 1.42 bits per heavy atom. The first-order chi connectivity index (χ1) is 9.24. The number of nitrogens with one attached hydrogen (secondary N) is 1. The van der Waals surface area contributed by atoms with Crippen molar-refractivity contribution in [1.29, 1.82) is 0 Å². The topological polar surface area (TPSA) is 24.5 Å². The van der Waals surface area contributed by atoms with Crippen molar-refractivity contribution in [3.05, 3.63) is 24.0 Å². The normalized spacial score (nSPS) is 20.8. The zero-order valence-electron chi connectivity index (χ0n) is 11.8. The fourth-order valence-corrected chi connectivity index (χ4v) is 2.55. The second-order valence-electron chi connectivity index (χ2n) is 5.01. The summed E-state index contributed by atoms with van der Waals surface area (Å²) in [6, 6.07) is 5.71. The molecule has 1 atom stereocenters. The number of halogens is 1. The smallest absolute Gasteiger partial charge is 0.165 e. The molecule has 0 spiro atoms. The summed E-state index contributed by atoms with van der Waals surface area (Å²) in [7, 11) is 1.51. The number of anilines is 1. The Labute approximate surface area is 114 Å². The molecule has 0 saturated carbocycles. The van der Waals surface area contributed by atoms with E-state index in [-0.39, 0.29) is 5.82 Å². The van der Waals surface area contributed by atoms with Gasteiger partial charge in [-0.3, -0.25) is 0 Å². The third-order valence-electron chi connectivity index (χ3n) is 3.78. The zero-order valence-corrected chi connectivity index (χ0v) is 11.8. The Hall–Kier alpha value is -1.29. The van der Waals surface area contributed by atoms with Crippen molar-refractivity contribution in [1.82, 2.24) is 5.32 Å². The van der Waals surface area contributed by atoms with Crippen molar-refractivity contribution in [2.24, 2.45) is 0 Å². The minimum atomic E-state index is -0.300. The van der Waals surface area contributed by atoms with Crippen LogP contribution in [0.5, 0.6) is 5.75 Å². The Bertz CT molecular complexity index is 411. The number of nitrogens with zero attached hydrogens (tertiary/aromatic N) is 1. The van der Waals surface area contributed by atoms with E-state index in [1.807, 2.05) is 6.07 Å². The summed E-state index contributed by atoms with van der Waals surface area (Å²) in [6.07, 6.45) is 3.38. The molecule has 2 rings (SSSR count). The third kappa shape index (κ3) is 3.60. The summed E-state index contributed by atoms with van der Waals surface area (Å²) in [5.74, 6) is 0.0242. The monoisotopic (exact) mass is 266 g/mol. The van der Waals surface area contributed by atoms with Crippen LogP contribution in [0.3, 0.4) is 0 Å². The molecule has 0 aliphatic carbocycles. The molecule has 0 bridgehead atoms. The molecule has 1 unspecified atom stereocenters. The summed E-state index contributed by atoms with van der Waals surface area (Å²) in [4.78, 5) is 2.32. The van der Waals surface area contributed by atoms with Crippen molar-refractivity contribution in [2.75, 3.05) is 31.6 Å². The average molecular weight is 266 g/mol. The second kappa shape index (κ2) is 6.75. The molecular weight excluding hydrogens is 243 g/mol. The fourth-order valence-electron chi connectivity index (χ4n) is 2.55. The first-order valence-corrected chi connectivity index (χ1v) is 7.06. The Kier molecular flexibility index (Phi) is 5.02. The lowest BCUT2D eigenvalue weighted by atomic mass is 10.1. The first kappa shape index (κ1) is 14.1. The lowest BCUT2D eigenvalue weighted by molar-refractivity contribution is 0.386. The van der Waals surface area contributed by atoms with Crippen LogP contribution < -0.4 is 15.0 Å². The van der Waals surface area contributed by atoms with E-state index in [0.717, 1.165) is 44.6 Å². The predicted molar refractivity (Wildman–Crippen MR) is 76.5 cm³/mol. The van der Waals surface area contributed by atoms with Crippen LogP contribution in [0, 0.1) is 5.82 Å². The van der Waals surface area contributed by atoms with Crippen LogP contribution >= 0.6 is 0 Å². The van der Waals surface area contributed by atoms with Gasteiger partial charge in [0.2, 0.25) is 0 Å². The molecule has 1 aliphatic heterocycles. The van der Waals surface area contributed by atoms with E-state index in [0.29, 0.717) is 11.8 Å². The van der Waals surface area contributed by atoms with E-state index in [1.54, 1.807) is 6.07 Å². The maximum absolute atomic E-state index is 13.4. The molecule has 1 aliphatic rings. The number of hydrogen-bond acceptors (Lipinski definition) is 3. The van der Waals surface area contributed by atoms with E-state index in [2.05, 4.69) is 17.1 Å². The molecule has 0 radical (unpaired) electrons. The number of benzene rings is 1. The van der Waals surface area contributed by atoms with Crippen LogP contribution in [0.2, 0.25) is 0 Å². The van der Waals surface area contributed by atoms with Gasteiger partial charge in [-0.1, -0.05) is 6.92 Å². The van der Waals surface area contributed by atoms with E-state index in [1.165, 1.54) is 13.2 Å². The Balaban J connectivity index is 2.10. The SMILES string of the molecule is CCC1CCN(c2ccc(F)c(OC)c2)CCCN1. The van der Waals surface area contributed by atoms with Gasteiger partial charge in [0.15, 0.2) is 11.6 Å². The van der Waals surface area contributed by atoms with Gasteiger partial charge in [-0.2, -0.15) is 0 Å². The maximum Gasteiger partial charge on any atom is 0.165 e. The van der Waals surface area contributed by atoms with Gasteiger partial charge < -0.3 is 15.0 Å². The zero-order chi connectivity index (χ0) is 13.7. The van der Waals surface area contributed by atoms with Gasteiger partial charge in [0.1, 0.15) is 0 Å². The average Bonchev–Trinajstić information content (AvgIpc) is 2.40. The van der Waals surface area contributed by atoms with Crippen molar-refractivity contribution < 1.29 is 9.13 Å². The van der Waals surface area contributed by atoms with E-state index < -0.39 is 0 Å². The van der Waals surface area contributed by atoms with Crippen molar-refractivity contribution >= 4 is 5.69 Å². The predicted octanol–water partition coefficient (Wildman–Crippen LogP) is 2.80. The molecule has 1 fully saturated rings. The molecular formula is C15H23FN2O. The molecule has 0 amide bonds. The lowest BCUT2D eigenvalue weighted by Gasteiger charge is -2.30. The fraction of sp³-hybridized carbons (Fsp3) is 0.600. The Morgan fingerprint density at radius 2 is 2.26 bits per heavy atom. The molecule has 3 nitrogen and oxygen atoms in total. The van der Waals surface area contributed by atoms with Crippen molar-refractivity contribution in [3.8, 4) is 5.75 Å². The van der Waals surface area contributed by atoms with Gasteiger partial charge in [0.05, 0.1) is 7.11 Å². The highest BCUT2D eigenvalue weighted by molar-refractivity contribution is 5.51. The number of rotatable bonds is 3. The standard InChI is InChI=1S/C15H23FN2O/c1-3-12-7-10-18(9-4-8-17-12)13-5-6-14(16)15(11-13)19-2/h5-6,11-12,17H,3-4,7-10H2,1-2H3. The first-order valence-electron chi connectivity index (χ1n) is 7.06. The van der Waals surface area contributed by atoms with Crippen LogP contribution in [0.4, 0.5) is 10.1 Å². The van der Waals surface area contributed by atoms with Crippen LogP contribution in [0.15, 0.2) is 18.2 Å². The molecule has 1 aromatic carbocycles. The van der Waals surface area contributed by atoms with Gasteiger partial charge in [-0.15, -0.1) is 0 Å². The summed E-state index contributed by atoms with van der Waals surface area (Å²) in [6.45, 7) is 5.26. The molecule has 1 heterocycles. The third-order valence-corrected chi connectivity index (χ3v) is 3.78. The van der Waals surface area contributed by atoms with Crippen LogP contribution in [0.1, 0.15) is 26.2 Å². The summed E-state index contributed by atoms with van der Waals surface area (Å²) < 4.78 is 18.5. The number of ether oxygens (including phenoxy) is 1. The number of hydrogen-bond donors (Lipinski definition) is 1. The highest BCUT2D eigenvalue weighted by Crippen LogP contribution is 2.25. The number of methoxy groups -OCH3 is 1. The Morgan fingerprint density at radius 3 is 3.00 bits per heavy atom. The van der Waals surface area contributed by atoms with Gasteiger partial charge in [-0.25, -0.2) is 4.39 Å². The lowest BCUT2D eigenvalue weighted by Crippen LogP contribution is -2.39. The molecule has 4 heteroatoms. The van der Waals surface area contributed by atoms with Crippen LogP contribution in [0.25, 0.3) is 0 Å². The van der Waals surface area contributed by atoms with Gasteiger partial charge in [0, 0.05) is 30.9 Å². The summed E-state index contributed by atoms with van der Waals surface area (Å²) in [5, 5.41) is 3.56. The minimum Gasteiger partial charge on any atom is -0.494 e. The molecule has 1 N–H and O–H groups in total. The van der Waals surface area contributed by atoms with Crippen molar-refractivity contribution in [3.63, 3.8) is 0 Å². The minimum absolute atomic E-state index is 0.300. The molecule has 0 aromatic heterocycles. The quantitative estimate of drug-likeness (QED) is 0.910.